The zero-order valence-electron chi connectivity index (χ0n) is 7.87. The molecular formula is C10H11N3O. The molecule has 1 aliphatic rings. The van der Waals surface area contributed by atoms with Gasteiger partial charge in [-0.15, -0.1) is 0 Å². The predicted octanol–water partition coefficient (Wildman–Crippen LogP) is 1.99. The number of hydrogen-bond acceptors (Lipinski definition) is 4. The third-order valence-corrected chi connectivity index (χ3v) is 2.01. The lowest BCUT2D eigenvalue weighted by molar-refractivity contribution is 0.245. The van der Waals surface area contributed by atoms with Crippen molar-refractivity contribution in [2.45, 2.75) is 13.3 Å². The monoisotopic (exact) mass is 189 g/mol. The normalized spacial score (nSPS) is 14.6. The van der Waals surface area contributed by atoms with Crippen LogP contribution in [0.4, 0.5) is 5.69 Å². The second-order valence-corrected chi connectivity index (χ2v) is 2.96. The van der Waals surface area contributed by atoms with Crippen LogP contribution in [0.3, 0.4) is 0 Å². The van der Waals surface area contributed by atoms with Crippen molar-refractivity contribution >= 4 is 17.4 Å². The van der Waals surface area contributed by atoms with Gasteiger partial charge in [0, 0.05) is 6.42 Å². The summed E-state index contributed by atoms with van der Waals surface area (Å²) in [5.74, 6) is 0.840. The standard InChI is InChI=1S/C10H11N3O/c1-2-9-12-8-6-4-3-5-7(8)10(11)14-13-9/h3-6,11H,2H2,1H3,(H,12,13). The first-order valence-corrected chi connectivity index (χ1v) is 4.49. The fourth-order valence-electron chi connectivity index (χ4n) is 1.25. The number of rotatable bonds is 1. The van der Waals surface area contributed by atoms with Crippen LogP contribution in [-0.4, -0.2) is 11.7 Å². The van der Waals surface area contributed by atoms with Gasteiger partial charge in [0.15, 0.2) is 0 Å². The van der Waals surface area contributed by atoms with Crippen molar-refractivity contribution in [3.8, 4) is 0 Å². The fourth-order valence-corrected chi connectivity index (χ4v) is 1.25. The summed E-state index contributed by atoms with van der Waals surface area (Å²) < 4.78 is 0. The quantitative estimate of drug-likeness (QED) is 0.709. The van der Waals surface area contributed by atoms with Crippen LogP contribution in [0.15, 0.2) is 29.3 Å². The van der Waals surface area contributed by atoms with Crippen molar-refractivity contribution in [2.75, 3.05) is 0 Å². The molecule has 2 N–H and O–H groups in total. The summed E-state index contributed by atoms with van der Waals surface area (Å²) in [6, 6.07) is 7.45. The van der Waals surface area contributed by atoms with Crippen LogP contribution in [0, 0.1) is 5.41 Å². The Balaban J connectivity index is 2.50. The molecular weight excluding hydrogens is 178 g/mol. The van der Waals surface area contributed by atoms with Crippen LogP contribution in [0.2, 0.25) is 0 Å². The molecule has 0 fully saturated rings. The number of nitrogens with zero attached hydrogens (tertiary/aromatic N) is 1. The summed E-state index contributed by atoms with van der Waals surface area (Å²) in [6.45, 7) is 1.98. The molecule has 0 radical (unpaired) electrons. The van der Waals surface area contributed by atoms with E-state index in [1.165, 1.54) is 0 Å². The molecule has 14 heavy (non-hydrogen) atoms. The number of amidine groups is 1. The van der Waals surface area contributed by atoms with Crippen LogP contribution in [-0.2, 0) is 4.84 Å². The Bertz CT molecular complexity index is 398. The molecule has 0 unspecified atom stereocenters. The van der Waals surface area contributed by atoms with Gasteiger partial charge in [-0.2, -0.15) is 0 Å². The Labute approximate surface area is 82.1 Å². The minimum atomic E-state index is 0.104. The Kier molecular flexibility index (Phi) is 2.18. The second kappa shape index (κ2) is 3.49. The van der Waals surface area contributed by atoms with E-state index in [0.717, 1.165) is 17.9 Å². The number of benzene rings is 1. The highest BCUT2D eigenvalue weighted by Gasteiger charge is 2.13. The van der Waals surface area contributed by atoms with Gasteiger partial charge in [0.05, 0.1) is 11.3 Å². The summed E-state index contributed by atoms with van der Waals surface area (Å²) in [5, 5.41) is 7.62. The molecule has 0 saturated carbocycles. The van der Waals surface area contributed by atoms with E-state index in [1.54, 1.807) is 0 Å². The van der Waals surface area contributed by atoms with Gasteiger partial charge in [0.25, 0.3) is 0 Å². The predicted molar refractivity (Wildman–Crippen MR) is 54.9 cm³/mol. The molecule has 0 atom stereocenters. The Hall–Kier alpha value is -1.84. The highest BCUT2D eigenvalue weighted by Crippen LogP contribution is 2.21. The summed E-state index contributed by atoms with van der Waals surface area (Å²) in [5.41, 5.74) is 4.14. The maximum absolute atomic E-state index is 7.62. The van der Waals surface area contributed by atoms with Crippen molar-refractivity contribution in [1.29, 1.82) is 5.41 Å². The van der Waals surface area contributed by atoms with Crippen LogP contribution in [0.5, 0.6) is 0 Å². The first kappa shape index (κ1) is 8.74. The molecule has 0 aliphatic carbocycles. The van der Waals surface area contributed by atoms with E-state index in [4.69, 9.17) is 10.2 Å². The number of hydrogen-bond donors (Lipinski definition) is 2. The Morgan fingerprint density at radius 3 is 3.00 bits per heavy atom. The summed E-state index contributed by atoms with van der Waals surface area (Å²) in [6.07, 6.45) is 0.752. The largest absolute Gasteiger partial charge is 0.360 e. The van der Waals surface area contributed by atoms with Crippen molar-refractivity contribution < 1.29 is 4.84 Å². The Morgan fingerprint density at radius 1 is 1.43 bits per heavy atom. The second-order valence-electron chi connectivity index (χ2n) is 2.96. The average molecular weight is 189 g/mol. The third-order valence-electron chi connectivity index (χ3n) is 2.01. The van der Waals surface area contributed by atoms with E-state index in [-0.39, 0.29) is 5.90 Å². The zero-order valence-corrected chi connectivity index (χ0v) is 7.87. The first-order valence-electron chi connectivity index (χ1n) is 4.49. The Morgan fingerprint density at radius 2 is 2.21 bits per heavy atom. The third kappa shape index (κ3) is 1.46. The van der Waals surface area contributed by atoms with Crippen molar-refractivity contribution in [2.24, 2.45) is 4.99 Å². The van der Waals surface area contributed by atoms with Gasteiger partial charge >= 0.3 is 0 Å². The maximum atomic E-state index is 7.62. The molecule has 4 heteroatoms. The van der Waals surface area contributed by atoms with Crippen LogP contribution < -0.4 is 5.48 Å². The van der Waals surface area contributed by atoms with Gasteiger partial charge < -0.3 is 4.84 Å². The van der Waals surface area contributed by atoms with E-state index in [9.17, 15) is 0 Å². The minimum absolute atomic E-state index is 0.104. The lowest BCUT2D eigenvalue weighted by Crippen LogP contribution is -2.24. The lowest BCUT2D eigenvalue weighted by atomic mass is 10.2. The molecule has 4 nitrogen and oxygen atoms in total. The van der Waals surface area contributed by atoms with Gasteiger partial charge in [-0.25, -0.2) is 10.5 Å². The molecule has 0 bridgehead atoms. The zero-order chi connectivity index (χ0) is 9.97. The average Bonchev–Trinajstić information content (AvgIpc) is 2.39. The summed E-state index contributed by atoms with van der Waals surface area (Å²) in [4.78, 5) is 9.38. The molecule has 0 saturated heterocycles. The summed E-state index contributed by atoms with van der Waals surface area (Å²) in [7, 11) is 0. The topological polar surface area (TPSA) is 57.5 Å². The van der Waals surface area contributed by atoms with Crippen LogP contribution >= 0.6 is 0 Å². The molecule has 1 heterocycles. The van der Waals surface area contributed by atoms with Crippen LogP contribution in [0.25, 0.3) is 0 Å². The van der Waals surface area contributed by atoms with Gasteiger partial charge in [0.2, 0.25) is 5.90 Å². The molecule has 72 valence electrons. The fraction of sp³-hybridized carbons (Fsp3) is 0.200. The number of para-hydroxylation sites is 1. The van der Waals surface area contributed by atoms with E-state index < -0.39 is 0 Å². The van der Waals surface area contributed by atoms with Gasteiger partial charge in [-0.1, -0.05) is 19.1 Å². The molecule has 0 amide bonds. The first-order chi connectivity index (χ1) is 6.81. The van der Waals surface area contributed by atoms with Crippen LogP contribution in [0.1, 0.15) is 18.9 Å². The minimum Gasteiger partial charge on any atom is -0.360 e. The van der Waals surface area contributed by atoms with Crippen molar-refractivity contribution in [3.05, 3.63) is 29.8 Å². The maximum Gasteiger partial charge on any atom is 0.247 e. The van der Waals surface area contributed by atoms with Gasteiger partial charge in [0.1, 0.15) is 5.84 Å². The molecule has 1 aliphatic heterocycles. The van der Waals surface area contributed by atoms with E-state index in [2.05, 4.69) is 10.5 Å². The van der Waals surface area contributed by atoms with E-state index in [1.807, 2.05) is 31.2 Å². The van der Waals surface area contributed by atoms with Crippen molar-refractivity contribution in [3.63, 3.8) is 0 Å². The SMILES string of the molecule is CCC1=Nc2ccccc2C(=N)ON1. The van der Waals surface area contributed by atoms with E-state index >= 15 is 0 Å². The smallest absolute Gasteiger partial charge is 0.247 e. The molecule has 2 rings (SSSR count). The number of hydroxylamine groups is 1. The molecule has 1 aromatic carbocycles. The summed E-state index contributed by atoms with van der Waals surface area (Å²) >= 11 is 0. The molecule has 1 aromatic rings. The number of fused-ring (bicyclic) bond motifs is 1. The number of aliphatic imine (C=N–C) groups is 1. The highest BCUT2D eigenvalue weighted by atomic mass is 16.7. The lowest BCUT2D eigenvalue weighted by Gasteiger charge is -2.04. The highest BCUT2D eigenvalue weighted by molar-refractivity contribution is 6.00. The number of nitrogens with one attached hydrogen (secondary N) is 2. The molecule has 0 spiro atoms. The van der Waals surface area contributed by atoms with Gasteiger partial charge in [-0.05, 0) is 12.1 Å². The van der Waals surface area contributed by atoms with Gasteiger partial charge in [-0.3, -0.25) is 5.41 Å². The molecule has 0 aromatic heterocycles. The van der Waals surface area contributed by atoms with E-state index in [0.29, 0.717) is 5.56 Å². The van der Waals surface area contributed by atoms with Crippen molar-refractivity contribution in [1.82, 2.24) is 5.48 Å².